The van der Waals surface area contributed by atoms with Crippen LogP contribution < -0.4 is 4.80 Å². The molecule has 0 aliphatic heterocycles. The molecule has 2 aromatic carbocycles. The van der Waals surface area contributed by atoms with Gasteiger partial charge >= 0.3 is 0 Å². The van der Waals surface area contributed by atoms with Gasteiger partial charge in [0.2, 0.25) is 0 Å². The molecule has 3 nitrogen and oxygen atoms in total. The van der Waals surface area contributed by atoms with Gasteiger partial charge in [-0.1, -0.05) is 59.3 Å². The smallest absolute Gasteiger partial charge is 0.272 e. The van der Waals surface area contributed by atoms with E-state index in [1.165, 1.54) is 17.4 Å². The summed E-state index contributed by atoms with van der Waals surface area (Å²) in [6, 6.07) is 15.3. The standard InChI is InChI=1S/C17H13ClN2OS/c1-20-16-13(18)8-5-9-14(16)22-17(20)19-15(21)11-10-12-6-3-2-4-7-12/h2-11H,1H3. The number of hydrogen-bond acceptors (Lipinski definition) is 2. The first kappa shape index (κ1) is 14.8. The highest BCUT2D eigenvalue weighted by molar-refractivity contribution is 7.16. The zero-order chi connectivity index (χ0) is 15.5. The summed E-state index contributed by atoms with van der Waals surface area (Å²) in [4.78, 5) is 16.8. The summed E-state index contributed by atoms with van der Waals surface area (Å²) in [6.45, 7) is 0. The fourth-order valence-corrected chi connectivity index (χ4v) is 3.53. The number of halogens is 1. The topological polar surface area (TPSA) is 34.4 Å². The van der Waals surface area contributed by atoms with E-state index in [0.717, 1.165) is 15.8 Å². The lowest BCUT2D eigenvalue weighted by Crippen LogP contribution is -2.12. The normalized spacial score (nSPS) is 12.4. The highest BCUT2D eigenvalue weighted by atomic mass is 35.5. The SMILES string of the molecule is Cn1c(=NC(=O)C=Cc2ccccc2)sc2cccc(Cl)c21. The average Bonchev–Trinajstić information content (AvgIpc) is 2.84. The molecule has 0 aliphatic carbocycles. The van der Waals surface area contributed by atoms with E-state index in [0.29, 0.717) is 9.82 Å². The summed E-state index contributed by atoms with van der Waals surface area (Å²) in [6.07, 6.45) is 3.23. The lowest BCUT2D eigenvalue weighted by Gasteiger charge is -1.96. The van der Waals surface area contributed by atoms with Crippen LogP contribution in [0.5, 0.6) is 0 Å². The molecule has 3 rings (SSSR count). The third-order valence-electron chi connectivity index (χ3n) is 3.20. The van der Waals surface area contributed by atoms with Crippen LogP contribution in [-0.4, -0.2) is 10.5 Å². The van der Waals surface area contributed by atoms with Gasteiger partial charge in [0.1, 0.15) is 0 Å². The number of aromatic nitrogens is 1. The van der Waals surface area contributed by atoms with Gasteiger partial charge in [-0.2, -0.15) is 4.99 Å². The van der Waals surface area contributed by atoms with Crippen molar-refractivity contribution in [1.82, 2.24) is 4.57 Å². The summed E-state index contributed by atoms with van der Waals surface area (Å²) in [7, 11) is 1.86. The Balaban J connectivity index is 1.95. The molecule has 0 saturated carbocycles. The van der Waals surface area contributed by atoms with Gasteiger partial charge in [0.25, 0.3) is 5.91 Å². The first-order valence-corrected chi connectivity index (χ1v) is 7.90. The highest BCUT2D eigenvalue weighted by Gasteiger charge is 2.06. The maximum atomic E-state index is 12.0. The molecular weight excluding hydrogens is 316 g/mol. The molecule has 0 radical (unpaired) electrons. The molecule has 0 unspecified atom stereocenters. The summed E-state index contributed by atoms with van der Waals surface area (Å²) in [5.74, 6) is -0.290. The van der Waals surface area contributed by atoms with Gasteiger partial charge in [-0.3, -0.25) is 4.79 Å². The Hall–Kier alpha value is -2.17. The second kappa shape index (κ2) is 6.30. The molecule has 1 aromatic heterocycles. The van der Waals surface area contributed by atoms with Crippen molar-refractivity contribution in [2.75, 3.05) is 0 Å². The maximum absolute atomic E-state index is 12.0. The van der Waals surface area contributed by atoms with Crippen LogP contribution in [0.2, 0.25) is 5.02 Å². The summed E-state index contributed by atoms with van der Waals surface area (Å²) in [5, 5.41) is 0.657. The Morgan fingerprint density at radius 3 is 2.68 bits per heavy atom. The Morgan fingerprint density at radius 2 is 1.95 bits per heavy atom. The van der Waals surface area contributed by atoms with E-state index >= 15 is 0 Å². The van der Waals surface area contributed by atoms with E-state index in [-0.39, 0.29) is 5.91 Å². The monoisotopic (exact) mass is 328 g/mol. The molecule has 110 valence electrons. The van der Waals surface area contributed by atoms with Gasteiger partial charge in [0, 0.05) is 13.1 Å². The van der Waals surface area contributed by atoms with Gasteiger partial charge in [-0.25, -0.2) is 0 Å². The van der Waals surface area contributed by atoms with Crippen molar-refractivity contribution in [3.63, 3.8) is 0 Å². The van der Waals surface area contributed by atoms with Gasteiger partial charge in [-0.05, 0) is 23.8 Å². The molecule has 0 bridgehead atoms. The molecule has 0 fully saturated rings. The van der Waals surface area contributed by atoms with Gasteiger partial charge in [0.05, 0.1) is 15.2 Å². The van der Waals surface area contributed by atoms with Crippen molar-refractivity contribution in [2.45, 2.75) is 0 Å². The molecule has 0 spiro atoms. The van der Waals surface area contributed by atoms with Crippen LogP contribution in [0.3, 0.4) is 0 Å². The second-order valence-corrected chi connectivity index (χ2v) is 6.14. The first-order valence-electron chi connectivity index (χ1n) is 6.71. The Labute approximate surface area is 136 Å². The lowest BCUT2D eigenvalue weighted by molar-refractivity contribution is -0.113. The number of hydrogen-bond donors (Lipinski definition) is 0. The molecular formula is C17H13ClN2OS. The zero-order valence-electron chi connectivity index (χ0n) is 11.9. The van der Waals surface area contributed by atoms with Gasteiger partial charge in [0.15, 0.2) is 4.80 Å². The van der Waals surface area contributed by atoms with Crippen LogP contribution in [0.25, 0.3) is 16.3 Å². The average molecular weight is 329 g/mol. The Morgan fingerprint density at radius 1 is 1.18 bits per heavy atom. The second-order valence-electron chi connectivity index (χ2n) is 4.72. The van der Waals surface area contributed by atoms with E-state index in [1.807, 2.05) is 60.1 Å². The minimum atomic E-state index is -0.290. The minimum Gasteiger partial charge on any atom is -0.318 e. The molecule has 1 heterocycles. The predicted octanol–water partition coefficient (Wildman–Crippen LogP) is 4.03. The number of benzene rings is 2. The highest BCUT2D eigenvalue weighted by Crippen LogP contribution is 2.24. The Kier molecular flexibility index (Phi) is 4.22. The van der Waals surface area contributed by atoms with Gasteiger partial charge < -0.3 is 4.57 Å². The number of aryl methyl sites for hydroxylation is 1. The number of carbonyl (C=O) groups is 1. The van der Waals surface area contributed by atoms with Crippen molar-refractivity contribution < 1.29 is 4.79 Å². The molecule has 0 atom stereocenters. The summed E-state index contributed by atoms with van der Waals surface area (Å²) in [5.41, 5.74) is 1.86. The van der Waals surface area contributed by atoms with Crippen LogP contribution in [-0.2, 0) is 11.8 Å². The number of thiazole rings is 1. The molecule has 22 heavy (non-hydrogen) atoms. The number of amides is 1. The quantitative estimate of drug-likeness (QED) is 0.654. The predicted molar refractivity (Wildman–Crippen MR) is 91.9 cm³/mol. The molecule has 0 N–H and O–H groups in total. The van der Waals surface area contributed by atoms with Crippen molar-refractivity contribution >= 4 is 45.1 Å². The molecule has 0 aliphatic rings. The van der Waals surface area contributed by atoms with Crippen LogP contribution in [0.15, 0.2) is 59.6 Å². The van der Waals surface area contributed by atoms with Crippen LogP contribution in [0, 0.1) is 0 Å². The molecule has 0 saturated heterocycles. The number of para-hydroxylation sites is 1. The number of fused-ring (bicyclic) bond motifs is 1. The van der Waals surface area contributed by atoms with Crippen LogP contribution in [0.1, 0.15) is 5.56 Å². The first-order chi connectivity index (χ1) is 10.6. The largest absolute Gasteiger partial charge is 0.318 e. The van der Waals surface area contributed by atoms with E-state index in [1.54, 1.807) is 6.08 Å². The van der Waals surface area contributed by atoms with Crippen molar-refractivity contribution in [2.24, 2.45) is 12.0 Å². The number of rotatable bonds is 2. The lowest BCUT2D eigenvalue weighted by atomic mass is 10.2. The van der Waals surface area contributed by atoms with Crippen molar-refractivity contribution in [3.8, 4) is 0 Å². The number of nitrogens with zero attached hydrogens (tertiary/aromatic N) is 2. The summed E-state index contributed by atoms with van der Waals surface area (Å²) >= 11 is 7.64. The fourth-order valence-electron chi connectivity index (χ4n) is 2.13. The van der Waals surface area contributed by atoms with Crippen molar-refractivity contribution in [3.05, 3.63) is 70.0 Å². The Bertz CT molecular complexity index is 923. The van der Waals surface area contributed by atoms with Crippen LogP contribution in [0.4, 0.5) is 0 Å². The van der Waals surface area contributed by atoms with E-state index < -0.39 is 0 Å². The number of carbonyl (C=O) groups excluding carboxylic acids is 1. The third kappa shape index (κ3) is 3.03. The summed E-state index contributed by atoms with van der Waals surface area (Å²) < 4.78 is 2.85. The maximum Gasteiger partial charge on any atom is 0.272 e. The van der Waals surface area contributed by atoms with E-state index in [4.69, 9.17) is 11.6 Å². The van der Waals surface area contributed by atoms with Gasteiger partial charge in [-0.15, -0.1) is 0 Å². The van der Waals surface area contributed by atoms with Crippen molar-refractivity contribution in [1.29, 1.82) is 0 Å². The molecule has 3 aromatic rings. The van der Waals surface area contributed by atoms with E-state index in [9.17, 15) is 4.79 Å². The molecule has 1 amide bonds. The fraction of sp³-hybridized carbons (Fsp3) is 0.0588. The molecule has 5 heteroatoms. The minimum absolute atomic E-state index is 0.290. The third-order valence-corrected chi connectivity index (χ3v) is 4.60. The van der Waals surface area contributed by atoms with E-state index in [2.05, 4.69) is 4.99 Å². The zero-order valence-corrected chi connectivity index (χ0v) is 13.4. The van der Waals surface area contributed by atoms with Crippen LogP contribution >= 0.6 is 22.9 Å².